The van der Waals surface area contributed by atoms with Gasteiger partial charge in [0.15, 0.2) is 0 Å². The summed E-state index contributed by atoms with van der Waals surface area (Å²) in [7, 11) is 0. The van der Waals surface area contributed by atoms with Gasteiger partial charge in [0.25, 0.3) is 5.91 Å². The standard InChI is InChI=1S/C33H23F2N3O3/c34-28-11-9-21(10-12-28)25-14-26-18-37-38(19-27-13-23-3-1-2-4-24(23)16-30(27)35)31(26)29(15-25)32(39)36-17-20-5-7-22(8-6-20)33(40)41/h1-16,18H,17,19H2,(H,36,39)(H,40,41). The molecule has 6 aromatic rings. The normalized spacial score (nSPS) is 11.2. The highest BCUT2D eigenvalue weighted by molar-refractivity contribution is 6.07. The fourth-order valence-electron chi connectivity index (χ4n) is 4.92. The zero-order valence-corrected chi connectivity index (χ0v) is 21.6. The lowest BCUT2D eigenvalue weighted by Crippen LogP contribution is -2.24. The molecule has 0 saturated heterocycles. The summed E-state index contributed by atoms with van der Waals surface area (Å²) in [6, 6.07) is 26.6. The highest BCUT2D eigenvalue weighted by Gasteiger charge is 2.19. The van der Waals surface area contributed by atoms with Crippen molar-refractivity contribution >= 4 is 33.6 Å². The van der Waals surface area contributed by atoms with Gasteiger partial charge in [-0.25, -0.2) is 13.6 Å². The summed E-state index contributed by atoms with van der Waals surface area (Å²) < 4.78 is 30.3. The largest absolute Gasteiger partial charge is 0.478 e. The number of carbonyl (C=O) groups excluding carboxylic acids is 1. The number of aromatic carboxylic acids is 1. The lowest BCUT2D eigenvalue weighted by Gasteiger charge is -2.13. The second-order valence-electron chi connectivity index (χ2n) is 9.75. The molecule has 6 nitrogen and oxygen atoms in total. The molecule has 0 aliphatic heterocycles. The van der Waals surface area contributed by atoms with Gasteiger partial charge in [0.1, 0.15) is 11.6 Å². The predicted octanol–water partition coefficient (Wildman–Crippen LogP) is 6.81. The van der Waals surface area contributed by atoms with Gasteiger partial charge in [0.05, 0.1) is 29.4 Å². The second kappa shape index (κ2) is 10.7. The van der Waals surface area contributed by atoms with E-state index in [0.29, 0.717) is 27.6 Å². The first-order chi connectivity index (χ1) is 19.9. The number of carboxylic acids is 1. The number of amides is 1. The summed E-state index contributed by atoms with van der Waals surface area (Å²) in [5, 5.41) is 18.9. The van der Waals surface area contributed by atoms with Crippen LogP contribution in [0, 0.1) is 11.6 Å². The minimum Gasteiger partial charge on any atom is -0.478 e. The number of nitrogens with zero attached hydrogens (tertiary/aromatic N) is 2. The Hall–Kier alpha value is -5.37. The van der Waals surface area contributed by atoms with E-state index in [0.717, 1.165) is 21.9 Å². The zero-order chi connectivity index (χ0) is 28.5. The molecule has 1 amide bonds. The van der Waals surface area contributed by atoms with E-state index >= 15 is 4.39 Å². The van der Waals surface area contributed by atoms with Crippen molar-refractivity contribution in [3.8, 4) is 11.1 Å². The molecule has 0 radical (unpaired) electrons. The van der Waals surface area contributed by atoms with Crippen LogP contribution in [0.15, 0.2) is 103 Å². The quantitative estimate of drug-likeness (QED) is 0.230. The number of hydrogen-bond acceptors (Lipinski definition) is 3. The van der Waals surface area contributed by atoms with Crippen molar-refractivity contribution in [1.82, 2.24) is 15.1 Å². The van der Waals surface area contributed by atoms with E-state index in [1.807, 2.05) is 30.3 Å². The first-order valence-electron chi connectivity index (χ1n) is 12.9. The first-order valence-corrected chi connectivity index (χ1v) is 12.9. The van der Waals surface area contributed by atoms with Crippen LogP contribution in [0.2, 0.25) is 0 Å². The molecular weight excluding hydrogens is 524 g/mol. The van der Waals surface area contributed by atoms with Gasteiger partial charge in [-0.15, -0.1) is 0 Å². The fourth-order valence-corrected chi connectivity index (χ4v) is 4.92. The molecule has 0 fully saturated rings. The van der Waals surface area contributed by atoms with Crippen molar-refractivity contribution in [1.29, 1.82) is 0 Å². The van der Waals surface area contributed by atoms with Crippen LogP contribution in [0.5, 0.6) is 0 Å². The molecule has 0 atom stereocenters. The number of rotatable bonds is 7. The Morgan fingerprint density at radius 3 is 2.22 bits per heavy atom. The maximum absolute atomic E-state index is 15.1. The molecule has 1 heterocycles. The number of hydrogen-bond donors (Lipinski definition) is 2. The number of nitrogens with one attached hydrogen (secondary N) is 1. The van der Waals surface area contributed by atoms with Gasteiger partial charge >= 0.3 is 5.97 Å². The third-order valence-electron chi connectivity index (χ3n) is 7.04. The van der Waals surface area contributed by atoms with Crippen LogP contribution >= 0.6 is 0 Å². The van der Waals surface area contributed by atoms with Gasteiger partial charge in [-0.2, -0.15) is 5.10 Å². The number of benzene rings is 5. The van der Waals surface area contributed by atoms with Gasteiger partial charge in [-0.1, -0.05) is 48.5 Å². The van der Waals surface area contributed by atoms with E-state index in [2.05, 4.69) is 10.4 Å². The minimum absolute atomic E-state index is 0.104. The molecular formula is C33H23F2N3O3. The van der Waals surface area contributed by atoms with Crippen molar-refractivity contribution in [2.45, 2.75) is 13.1 Å². The molecule has 0 aliphatic rings. The molecule has 0 bridgehead atoms. The van der Waals surface area contributed by atoms with E-state index in [-0.39, 0.29) is 36.2 Å². The van der Waals surface area contributed by atoms with E-state index in [1.165, 1.54) is 30.3 Å². The highest BCUT2D eigenvalue weighted by Crippen LogP contribution is 2.30. The van der Waals surface area contributed by atoms with E-state index in [4.69, 9.17) is 5.11 Å². The summed E-state index contributed by atoms with van der Waals surface area (Å²) >= 11 is 0. The monoisotopic (exact) mass is 547 g/mol. The molecule has 202 valence electrons. The van der Waals surface area contributed by atoms with Crippen molar-refractivity contribution in [3.05, 3.63) is 137 Å². The number of fused-ring (bicyclic) bond motifs is 2. The van der Waals surface area contributed by atoms with Crippen LogP contribution in [-0.2, 0) is 13.1 Å². The van der Waals surface area contributed by atoms with Crippen LogP contribution in [0.1, 0.15) is 31.8 Å². The maximum Gasteiger partial charge on any atom is 0.335 e. The zero-order valence-electron chi connectivity index (χ0n) is 21.6. The van der Waals surface area contributed by atoms with Crippen LogP contribution in [0.4, 0.5) is 8.78 Å². The lowest BCUT2D eigenvalue weighted by atomic mass is 9.99. The average molecular weight is 548 g/mol. The second-order valence-corrected chi connectivity index (χ2v) is 9.75. The van der Waals surface area contributed by atoms with Gasteiger partial charge in [0, 0.05) is 17.5 Å². The Labute approximate surface area is 233 Å². The van der Waals surface area contributed by atoms with Crippen molar-refractivity contribution in [3.63, 3.8) is 0 Å². The molecule has 6 rings (SSSR count). The van der Waals surface area contributed by atoms with Crippen LogP contribution in [-0.4, -0.2) is 26.8 Å². The summed E-state index contributed by atoms with van der Waals surface area (Å²) in [6.07, 6.45) is 1.63. The molecule has 0 unspecified atom stereocenters. The molecule has 2 N–H and O–H groups in total. The first kappa shape index (κ1) is 25.9. The van der Waals surface area contributed by atoms with E-state index < -0.39 is 5.97 Å². The van der Waals surface area contributed by atoms with Crippen molar-refractivity contribution in [2.75, 3.05) is 0 Å². The predicted molar refractivity (Wildman–Crippen MR) is 153 cm³/mol. The number of aromatic nitrogens is 2. The Morgan fingerprint density at radius 1 is 0.805 bits per heavy atom. The van der Waals surface area contributed by atoms with E-state index in [9.17, 15) is 14.0 Å². The third kappa shape index (κ3) is 5.27. The Balaban J connectivity index is 1.39. The summed E-state index contributed by atoms with van der Waals surface area (Å²) in [5.41, 5.74) is 3.58. The fraction of sp³-hybridized carbons (Fsp3) is 0.0606. The van der Waals surface area contributed by atoms with Gasteiger partial charge in [0.2, 0.25) is 0 Å². The van der Waals surface area contributed by atoms with Crippen LogP contribution < -0.4 is 5.32 Å². The minimum atomic E-state index is -1.03. The summed E-state index contributed by atoms with van der Waals surface area (Å²) in [5.74, 6) is -2.16. The lowest BCUT2D eigenvalue weighted by molar-refractivity contribution is 0.0696. The van der Waals surface area contributed by atoms with Crippen LogP contribution in [0.25, 0.3) is 32.8 Å². The molecule has 5 aromatic carbocycles. The number of carbonyl (C=O) groups is 2. The molecule has 0 aliphatic carbocycles. The summed E-state index contributed by atoms with van der Waals surface area (Å²) in [4.78, 5) is 24.8. The van der Waals surface area contributed by atoms with Crippen LogP contribution in [0.3, 0.4) is 0 Å². The Kier molecular flexibility index (Phi) is 6.73. The average Bonchev–Trinajstić information content (AvgIpc) is 3.39. The molecule has 1 aromatic heterocycles. The van der Waals surface area contributed by atoms with Gasteiger partial charge in [-0.3, -0.25) is 9.48 Å². The van der Waals surface area contributed by atoms with Gasteiger partial charge in [-0.05, 0) is 76.0 Å². The molecule has 41 heavy (non-hydrogen) atoms. The third-order valence-corrected chi connectivity index (χ3v) is 7.04. The highest BCUT2D eigenvalue weighted by atomic mass is 19.1. The Bertz CT molecular complexity index is 1930. The van der Waals surface area contributed by atoms with Gasteiger partial charge < -0.3 is 10.4 Å². The summed E-state index contributed by atoms with van der Waals surface area (Å²) in [6.45, 7) is 0.265. The smallest absolute Gasteiger partial charge is 0.335 e. The van der Waals surface area contributed by atoms with Crippen molar-refractivity contribution in [2.24, 2.45) is 0 Å². The number of halogens is 2. The topological polar surface area (TPSA) is 84.2 Å². The number of carboxylic acid groups (broad SMARTS) is 1. The molecule has 0 spiro atoms. The molecule has 8 heteroatoms. The maximum atomic E-state index is 15.1. The van der Waals surface area contributed by atoms with E-state index in [1.54, 1.807) is 47.3 Å². The molecule has 0 saturated carbocycles. The SMILES string of the molecule is O=C(O)c1ccc(CNC(=O)c2cc(-c3ccc(F)cc3)cc3cnn(Cc4cc5ccccc5cc4F)c23)cc1. The van der Waals surface area contributed by atoms with Crippen molar-refractivity contribution < 1.29 is 23.5 Å². The Morgan fingerprint density at radius 2 is 1.51 bits per heavy atom.